The van der Waals surface area contributed by atoms with E-state index in [0.717, 1.165) is 91.3 Å². The van der Waals surface area contributed by atoms with Crippen LogP contribution in [0, 0.1) is 17.8 Å². The molecule has 0 aromatic heterocycles. The summed E-state index contributed by atoms with van der Waals surface area (Å²) in [6, 6.07) is 0. The number of nitrogens with zero attached hydrogens (tertiary/aromatic N) is 3. The molecule has 30 heteroatoms. The minimum absolute atomic E-state index is 0.0352. The van der Waals surface area contributed by atoms with Crippen LogP contribution < -0.4 is 31.9 Å². The van der Waals surface area contributed by atoms with E-state index in [1.807, 2.05) is 62.3 Å². The zero-order valence-electron chi connectivity index (χ0n) is 58.2. The Kier molecular flexibility index (Phi) is 62.2. The SMILES string of the molecule is CC.CC.CC.C[C@H](C=O)CCCCNC(=O)COCCOCCNC(=O)CCN1C(=O)C=CC1=O.C[C@H](C=O)CCCCNC(=O)COCCOCCNC(=O)CCN1C(=O)C=CC1=O.C[C@H](C=O)CCCCNC(=O)COCCOCCNC(=O)CCN1C(=O)C=CC1=O. The first-order chi connectivity index (χ1) is 46.3. The van der Waals surface area contributed by atoms with Crippen LogP contribution in [-0.4, -0.2) is 243 Å². The summed E-state index contributed by atoms with van der Waals surface area (Å²) in [5.41, 5.74) is 0. The number of ether oxygens (including phenoxy) is 6. The lowest BCUT2D eigenvalue weighted by molar-refractivity contribution is -0.139. The third kappa shape index (κ3) is 52.5. The van der Waals surface area contributed by atoms with Crippen molar-refractivity contribution in [2.24, 2.45) is 17.8 Å². The van der Waals surface area contributed by atoms with Gasteiger partial charge in [0, 0.05) is 132 Å². The lowest BCUT2D eigenvalue weighted by Gasteiger charge is -2.13. The third-order valence-electron chi connectivity index (χ3n) is 12.8. The highest BCUT2D eigenvalue weighted by atomic mass is 16.5. The molecule has 0 fully saturated rings. The van der Waals surface area contributed by atoms with Crippen LogP contribution in [0.25, 0.3) is 0 Å². The van der Waals surface area contributed by atoms with Crippen molar-refractivity contribution in [3.8, 4) is 0 Å². The largest absolute Gasteiger partial charge is 0.377 e. The molecule has 3 aliphatic heterocycles. The zero-order chi connectivity index (χ0) is 72.6. The summed E-state index contributed by atoms with van der Waals surface area (Å²) in [4.78, 5) is 172. The fourth-order valence-corrected chi connectivity index (χ4v) is 7.62. The van der Waals surface area contributed by atoms with E-state index in [9.17, 15) is 71.9 Å². The Morgan fingerprint density at radius 1 is 0.323 bits per heavy atom. The lowest BCUT2D eigenvalue weighted by atomic mass is 10.1. The number of rotatable bonds is 51. The predicted molar refractivity (Wildman–Crippen MR) is 356 cm³/mol. The molecule has 12 amide bonds. The van der Waals surface area contributed by atoms with Gasteiger partial charge in [0.25, 0.3) is 35.4 Å². The first-order valence-corrected chi connectivity index (χ1v) is 33.3. The van der Waals surface area contributed by atoms with Crippen LogP contribution in [-0.2, 0) is 100 Å². The normalized spacial score (nSPS) is 13.4. The molecule has 546 valence electrons. The van der Waals surface area contributed by atoms with E-state index in [-0.39, 0.29) is 171 Å². The molecular weight excluding hydrogens is 1250 g/mol. The summed E-state index contributed by atoms with van der Waals surface area (Å²) in [5.74, 6) is -3.71. The van der Waals surface area contributed by atoms with Crippen molar-refractivity contribution in [1.82, 2.24) is 46.6 Å². The van der Waals surface area contributed by atoms with Gasteiger partial charge in [0.15, 0.2) is 0 Å². The molecule has 0 aromatic rings. The van der Waals surface area contributed by atoms with E-state index in [0.29, 0.717) is 39.3 Å². The fourth-order valence-electron chi connectivity index (χ4n) is 7.62. The highest BCUT2D eigenvalue weighted by Crippen LogP contribution is 2.08. The zero-order valence-corrected chi connectivity index (χ0v) is 58.2. The average molecular weight is 1370 g/mol. The molecule has 0 radical (unpaired) electrons. The van der Waals surface area contributed by atoms with Gasteiger partial charge in [-0.1, -0.05) is 81.6 Å². The molecule has 0 aromatic carbocycles. The molecule has 0 bridgehead atoms. The van der Waals surface area contributed by atoms with Gasteiger partial charge in [-0.3, -0.25) is 72.2 Å². The molecule has 3 heterocycles. The van der Waals surface area contributed by atoms with Gasteiger partial charge in [0.2, 0.25) is 35.4 Å². The van der Waals surface area contributed by atoms with E-state index >= 15 is 0 Å². The minimum atomic E-state index is -0.408. The smallest absolute Gasteiger partial charge is 0.253 e. The van der Waals surface area contributed by atoms with Crippen molar-refractivity contribution in [3.63, 3.8) is 0 Å². The van der Waals surface area contributed by atoms with E-state index in [1.165, 1.54) is 36.5 Å². The number of carbonyl (C=O) groups is 15. The van der Waals surface area contributed by atoms with Crippen molar-refractivity contribution < 1.29 is 100 Å². The molecular formula is C66H111N9O21. The Balaban J connectivity index is -0.00000130. The number of imide groups is 3. The molecule has 96 heavy (non-hydrogen) atoms. The van der Waals surface area contributed by atoms with Crippen molar-refractivity contribution in [1.29, 1.82) is 0 Å². The van der Waals surface area contributed by atoms with Gasteiger partial charge in [-0.2, -0.15) is 0 Å². The molecule has 6 N–H and O–H groups in total. The minimum Gasteiger partial charge on any atom is -0.377 e. The third-order valence-corrected chi connectivity index (χ3v) is 12.8. The summed E-state index contributed by atoms with van der Waals surface area (Å²) in [7, 11) is 0. The second-order valence-corrected chi connectivity index (χ2v) is 20.7. The Morgan fingerprint density at radius 3 is 0.750 bits per heavy atom. The number of unbranched alkanes of at least 4 members (excludes halogenated alkanes) is 3. The molecule has 0 spiro atoms. The molecule has 0 aliphatic carbocycles. The topological polar surface area (TPSA) is 393 Å². The van der Waals surface area contributed by atoms with E-state index in [2.05, 4.69) is 31.9 Å². The first-order valence-electron chi connectivity index (χ1n) is 33.3. The highest BCUT2D eigenvalue weighted by molar-refractivity contribution is 6.14. The van der Waals surface area contributed by atoms with Crippen molar-refractivity contribution in [3.05, 3.63) is 36.5 Å². The molecule has 3 rings (SSSR count). The predicted octanol–water partition coefficient (Wildman–Crippen LogP) is 1.80. The summed E-state index contributed by atoms with van der Waals surface area (Å²) in [6.07, 6.45) is 17.6. The van der Waals surface area contributed by atoms with Gasteiger partial charge in [-0.15, -0.1) is 0 Å². The maximum Gasteiger partial charge on any atom is 0.253 e. The quantitative estimate of drug-likeness (QED) is 0.0287. The second-order valence-electron chi connectivity index (χ2n) is 20.7. The fraction of sp³-hybridized carbons (Fsp3) is 0.682. The monoisotopic (exact) mass is 1370 g/mol. The Bertz CT molecular complexity index is 2070. The summed E-state index contributed by atoms with van der Waals surface area (Å²) < 4.78 is 31.5. The van der Waals surface area contributed by atoms with Crippen LogP contribution in [0.4, 0.5) is 0 Å². The average Bonchev–Trinajstić information content (AvgIpc) is 1.86. The van der Waals surface area contributed by atoms with E-state index in [1.54, 1.807) is 0 Å². The van der Waals surface area contributed by atoms with Crippen LogP contribution in [0.3, 0.4) is 0 Å². The van der Waals surface area contributed by atoms with Gasteiger partial charge in [0.05, 0.1) is 59.5 Å². The number of hydrogen-bond acceptors (Lipinski definition) is 21. The Hall–Kier alpha value is -7.77. The van der Waals surface area contributed by atoms with E-state index in [4.69, 9.17) is 28.4 Å². The van der Waals surface area contributed by atoms with Gasteiger partial charge >= 0.3 is 0 Å². The first kappa shape index (κ1) is 92.4. The maximum atomic E-state index is 11.7. The van der Waals surface area contributed by atoms with Crippen LogP contribution in [0.15, 0.2) is 36.5 Å². The number of hydrogen-bond donors (Lipinski definition) is 6. The lowest BCUT2D eigenvalue weighted by Crippen LogP contribution is -2.35. The molecule has 0 unspecified atom stereocenters. The Morgan fingerprint density at radius 2 is 0.531 bits per heavy atom. The van der Waals surface area contributed by atoms with Crippen LogP contribution in [0.1, 0.15) is 139 Å². The van der Waals surface area contributed by atoms with Crippen molar-refractivity contribution in [2.75, 3.05) is 138 Å². The number of nitrogens with one attached hydrogen (secondary N) is 6. The van der Waals surface area contributed by atoms with Gasteiger partial charge in [-0.25, -0.2) is 0 Å². The van der Waals surface area contributed by atoms with Gasteiger partial charge < -0.3 is 74.7 Å². The summed E-state index contributed by atoms with van der Waals surface area (Å²) in [5, 5.41) is 16.1. The molecule has 3 atom stereocenters. The van der Waals surface area contributed by atoms with Gasteiger partial charge in [-0.05, 0) is 38.5 Å². The van der Waals surface area contributed by atoms with E-state index < -0.39 is 35.4 Å². The van der Waals surface area contributed by atoms with Crippen LogP contribution in [0.2, 0.25) is 0 Å². The second kappa shape index (κ2) is 64.6. The van der Waals surface area contributed by atoms with Crippen LogP contribution >= 0.6 is 0 Å². The summed E-state index contributed by atoms with van der Waals surface area (Å²) >= 11 is 0. The Labute approximate surface area is 566 Å². The highest BCUT2D eigenvalue weighted by Gasteiger charge is 2.26. The number of amides is 12. The van der Waals surface area contributed by atoms with Crippen molar-refractivity contribution in [2.45, 2.75) is 139 Å². The van der Waals surface area contributed by atoms with Crippen LogP contribution in [0.5, 0.6) is 0 Å². The maximum absolute atomic E-state index is 11.7. The summed E-state index contributed by atoms with van der Waals surface area (Å²) in [6.45, 7) is 22.6. The van der Waals surface area contributed by atoms with Gasteiger partial charge in [0.1, 0.15) is 38.7 Å². The number of carbonyl (C=O) groups excluding carboxylic acids is 15. The molecule has 30 nitrogen and oxygen atoms in total. The van der Waals surface area contributed by atoms with Crippen molar-refractivity contribution >= 4 is 89.7 Å². The molecule has 0 saturated heterocycles. The number of aldehydes is 3. The molecule has 3 aliphatic rings. The molecule has 0 saturated carbocycles. The standard InChI is InChI=1S/3C20H31N3O7.3C2H6/c3*1-16(14-24)4-2-3-8-21-18(26)15-30-13-12-29-11-9-22-17(25)7-10-23-19(27)5-6-20(23)28;3*1-2/h3*5-6,14,16H,2-4,7-13,15H2,1H3,(H,21,26)(H,22,25);3*1-2H3/t3*16-;;;/m000.../s1.